The van der Waals surface area contributed by atoms with Crippen LogP contribution in [0.4, 0.5) is 5.69 Å². The van der Waals surface area contributed by atoms with E-state index in [9.17, 15) is 18.0 Å². The number of halogens is 1. The van der Waals surface area contributed by atoms with Crippen molar-refractivity contribution in [3.63, 3.8) is 0 Å². The van der Waals surface area contributed by atoms with Crippen molar-refractivity contribution in [3.05, 3.63) is 88.9 Å². The molecule has 38 heavy (non-hydrogen) atoms. The summed E-state index contributed by atoms with van der Waals surface area (Å²) in [4.78, 5) is 28.6. The monoisotopic (exact) mass is 597 g/mol. The van der Waals surface area contributed by atoms with Gasteiger partial charge in [-0.05, 0) is 54.8 Å². The number of amides is 2. The zero-order chi connectivity index (χ0) is 26.7. The SMILES string of the molecule is O=C(NCc1ccccc1)C1CN(C(=O)C2CCCN(S(=O)(=O)c3ccc(Br)cc3)C2)c2ccccc2O1. The van der Waals surface area contributed by atoms with Crippen molar-refractivity contribution < 1.29 is 22.7 Å². The summed E-state index contributed by atoms with van der Waals surface area (Å²) in [6.45, 7) is 0.834. The fourth-order valence-corrected chi connectivity index (χ4v) is 6.60. The molecular weight excluding hydrogens is 570 g/mol. The van der Waals surface area contributed by atoms with Gasteiger partial charge in [0, 0.05) is 24.1 Å². The van der Waals surface area contributed by atoms with Gasteiger partial charge in [0.15, 0.2) is 6.10 Å². The summed E-state index contributed by atoms with van der Waals surface area (Å²) in [7, 11) is -3.74. The first kappa shape index (κ1) is 26.4. The zero-order valence-electron chi connectivity index (χ0n) is 20.6. The number of carbonyl (C=O) groups excluding carboxylic acids is 2. The molecule has 198 valence electrons. The first-order valence-electron chi connectivity index (χ1n) is 12.5. The molecule has 1 fully saturated rings. The van der Waals surface area contributed by atoms with Gasteiger partial charge < -0.3 is 15.0 Å². The third-order valence-corrected chi connectivity index (χ3v) is 9.23. The van der Waals surface area contributed by atoms with Gasteiger partial charge in [-0.25, -0.2) is 8.42 Å². The summed E-state index contributed by atoms with van der Waals surface area (Å²) in [5.74, 6) is -0.614. The predicted octanol–water partition coefficient (Wildman–Crippen LogP) is 3.96. The molecule has 1 saturated heterocycles. The smallest absolute Gasteiger partial charge is 0.263 e. The first-order chi connectivity index (χ1) is 18.3. The summed E-state index contributed by atoms with van der Waals surface area (Å²) in [5.41, 5.74) is 1.54. The zero-order valence-corrected chi connectivity index (χ0v) is 23.0. The van der Waals surface area contributed by atoms with Crippen LogP contribution < -0.4 is 15.0 Å². The Labute approximate surface area is 230 Å². The van der Waals surface area contributed by atoms with Crippen molar-refractivity contribution in [2.45, 2.75) is 30.4 Å². The van der Waals surface area contributed by atoms with Crippen LogP contribution in [0.3, 0.4) is 0 Å². The largest absolute Gasteiger partial charge is 0.477 e. The molecule has 10 heteroatoms. The highest BCUT2D eigenvalue weighted by Crippen LogP contribution is 2.35. The number of hydrogen-bond acceptors (Lipinski definition) is 5. The fraction of sp³-hybridized carbons (Fsp3) is 0.286. The van der Waals surface area contributed by atoms with Crippen LogP contribution in [0.2, 0.25) is 0 Å². The Morgan fingerprint density at radius 1 is 0.947 bits per heavy atom. The lowest BCUT2D eigenvalue weighted by Gasteiger charge is -2.38. The molecule has 2 aliphatic heterocycles. The number of carbonyl (C=O) groups is 2. The predicted molar refractivity (Wildman–Crippen MR) is 147 cm³/mol. The molecule has 3 aromatic carbocycles. The minimum absolute atomic E-state index is 0.0480. The quantitative estimate of drug-likeness (QED) is 0.464. The molecule has 0 spiro atoms. The van der Waals surface area contributed by atoms with E-state index in [1.807, 2.05) is 36.4 Å². The van der Waals surface area contributed by atoms with E-state index in [0.717, 1.165) is 10.0 Å². The molecule has 2 atom stereocenters. The molecule has 2 unspecified atom stereocenters. The van der Waals surface area contributed by atoms with E-state index in [1.54, 1.807) is 47.4 Å². The third-order valence-electron chi connectivity index (χ3n) is 6.83. The van der Waals surface area contributed by atoms with Crippen molar-refractivity contribution in [1.29, 1.82) is 0 Å². The average Bonchev–Trinajstić information content (AvgIpc) is 2.95. The maximum absolute atomic E-state index is 13.8. The van der Waals surface area contributed by atoms with Crippen LogP contribution in [0.5, 0.6) is 5.75 Å². The lowest BCUT2D eigenvalue weighted by molar-refractivity contribution is -0.129. The molecule has 0 bridgehead atoms. The van der Waals surface area contributed by atoms with Crippen molar-refractivity contribution in [3.8, 4) is 5.75 Å². The fourth-order valence-electron chi connectivity index (χ4n) is 4.82. The molecule has 0 saturated carbocycles. The summed E-state index contributed by atoms with van der Waals surface area (Å²) in [5, 5.41) is 2.89. The third kappa shape index (κ3) is 5.62. The minimum Gasteiger partial charge on any atom is -0.477 e. The Balaban J connectivity index is 1.32. The second-order valence-corrected chi connectivity index (χ2v) is 12.2. The number of hydrogen-bond donors (Lipinski definition) is 1. The van der Waals surface area contributed by atoms with Crippen LogP contribution in [-0.2, 0) is 26.2 Å². The van der Waals surface area contributed by atoms with E-state index in [0.29, 0.717) is 37.4 Å². The highest BCUT2D eigenvalue weighted by atomic mass is 79.9. The van der Waals surface area contributed by atoms with Crippen LogP contribution in [-0.4, -0.2) is 50.3 Å². The summed E-state index contributed by atoms with van der Waals surface area (Å²) in [6, 6.07) is 23.2. The molecule has 0 aliphatic carbocycles. The number of piperidine rings is 1. The van der Waals surface area contributed by atoms with E-state index in [4.69, 9.17) is 4.74 Å². The minimum atomic E-state index is -3.74. The molecule has 3 aromatic rings. The van der Waals surface area contributed by atoms with Gasteiger partial charge in [0.2, 0.25) is 15.9 Å². The van der Waals surface area contributed by atoms with E-state index in [2.05, 4.69) is 21.2 Å². The normalized spacial score (nSPS) is 19.8. The van der Waals surface area contributed by atoms with Crippen LogP contribution in [0, 0.1) is 5.92 Å². The Morgan fingerprint density at radius 3 is 2.42 bits per heavy atom. The van der Waals surface area contributed by atoms with E-state index >= 15 is 0 Å². The van der Waals surface area contributed by atoms with Crippen LogP contribution in [0.1, 0.15) is 18.4 Å². The number of ether oxygens (including phenoxy) is 1. The summed E-state index contributed by atoms with van der Waals surface area (Å²) >= 11 is 3.33. The standard InChI is InChI=1S/C28H28BrN3O5S/c29-22-12-14-23(15-13-22)38(35,36)31-16-6-9-21(18-31)28(34)32-19-26(37-25-11-5-4-10-24(25)32)27(33)30-17-20-7-2-1-3-8-20/h1-5,7-8,10-15,21,26H,6,9,16-19H2,(H,30,33). The number of sulfonamides is 1. The van der Waals surface area contributed by atoms with Crippen LogP contribution >= 0.6 is 15.9 Å². The van der Waals surface area contributed by atoms with Crippen molar-refractivity contribution in [2.75, 3.05) is 24.5 Å². The molecule has 0 aromatic heterocycles. The summed E-state index contributed by atoms with van der Waals surface area (Å²) in [6.07, 6.45) is 0.248. The van der Waals surface area contributed by atoms with Crippen molar-refractivity contribution in [1.82, 2.24) is 9.62 Å². The second-order valence-electron chi connectivity index (χ2n) is 9.38. The first-order valence-corrected chi connectivity index (χ1v) is 14.7. The lowest BCUT2D eigenvalue weighted by Crippen LogP contribution is -2.53. The highest BCUT2D eigenvalue weighted by molar-refractivity contribution is 9.10. The van der Waals surface area contributed by atoms with Gasteiger partial charge in [0.25, 0.3) is 5.91 Å². The number of rotatable bonds is 6. The van der Waals surface area contributed by atoms with Crippen molar-refractivity contribution >= 4 is 43.5 Å². The van der Waals surface area contributed by atoms with Gasteiger partial charge in [-0.15, -0.1) is 0 Å². The maximum Gasteiger partial charge on any atom is 0.263 e. The molecule has 8 nitrogen and oxygen atoms in total. The Hall–Kier alpha value is -3.21. The van der Waals surface area contributed by atoms with Gasteiger partial charge >= 0.3 is 0 Å². The average molecular weight is 599 g/mol. The molecule has 1 N–H and O–H groups in total. The maximum atomic E-state index is 13.8. The van der Waals surface area contributed by atoms with Gasteiger partial charge in [-0.2, -0.15) is 4.31 Å². The highest BCUT2D eigenvalue weighted by Gasteiger charge is 2.39. The second kappa shape index (κ2) is 11.3. The molecule has 2 aliphatic rings. The molecule has 2 heterocycles. The number of anilines is 1. The Morgan fingerprint density at radius 2 is 1.66 bits per heavy atom. The van der Waals surface area contributed by atoms with E-state index in [-0.39, 0.29) is 29.8 Å². The number of benzene rings is 3. The van der Waals surface area contributed by atoms with E-state index < -0.39 is 22.0 Å². The lowest BCUT2D eigenvalue weighted by atomic mass is 9.97. The molecule has 2 amide bonds. The van der Waals surface area contributed by atoms with Gasteiger partial charge in [0.1, 0.15) is 5.75 Å². The van der Waals surface area contributed by atoms with Gasteiger partial charge in [0.05, 0.1) is 23.0 Å². The van der Waals surface area contributed by atoms with E-state index in [1.165, 1.54) is 4.31 Å². The van der Waals surface area contributed by atoms with Gasteiger partial charge in [-0.1, -0.05) is 58.4 Å². The van der Waals surface area contributed by atoms with Crippen LogP contribution in [0.25, 0.3) is 0 Å². The topological polar surface area (TPSA) is 96.0 Å². The number of fused-ring (bicyclic) bond motifs is 1. The molecular formula is C28H28BrN3O5S. The Kier molecular flexibility index (Phi) is 7.83. The Bertz CT molecular complexity index is 1420. The molecule has 0 radical (unpaired) electrons. The van der Waals surface area contributed by atoms with Gasteiger partial charge in [-0.3, -0.25) is 9.59 Å². The number of para-hydroxylation sites is 2. The van der Waals surface area contributed by atoms with Crippen LogP contribution in [0.15, 0.2) is 88.2 Å². The number of nitrogens with zero attached hydrogens (tertiary/aromatic N) is 2. The van der Waals surface area contributed by atoms with Crippen molar-refractivity contribution in [2.24, 2.45) is 5.92 Å². The number of nitrogens with one attached hydrogen (secondary N) is 1. The summed E-state index contributed by atoms with van der Waals surface area (Å²) < 4.78 is 34.7. The molecule has 5 rings (SSSR count).